The van der Waals surface area contributed by atoms with E-state index in [4.69, 9.17) is 21.3 Å². The van der Waals surface area contributed by atoms with E-state index in [-0.39, 0.29) is 17.4 Å². The first kappa shape index (κ1) is 25.7. The van der Waals surface area contributed by atoms with E-state index in [9.17, 15) is 9.18 Å². The van der Waals surface area contributed by atoms with E-state index < -0.39 is 0 Å². The molecule has 0 spiro atoms. The van der Waals surface area contributed by atoms with Gasteiger partial charge in [-0.05, 0) is 71.5 Å². The van der Waals surface area contributed by atoms with Crippen LogP contribution in [-0.4, -0.2) is 4.57 Å². The first-order chi connectivity index (χ1) is 20.0. The third-order valence-electron chi connectivity index (χ3n) is 7.57. The molecule has 202 valence electrons. The zero-order valence-corrected chi connectivity index (χ0v) is 23.5. The summed E-state index contributed by atoms with van der Waals surface area (Å²) >= 11 is 7.65. The van der Waals surface area contributed by atoms with Gasteiger partial charge < -0.3 is 4.74 Å². The van der Waals surface area contributed by atoms with E-state index in [0.29, 0.717) is 26.7 Å². The molecule has 7 rings (SSSR count). The van der Waals surface area contributed by atoms with Gasteiger partial charge in [-0.25, -0.2) is 9.38 Å². The molecule has 4 aromatic carbocycles. The number of allylic oxidation sites excluding steroid dienone is 1. The summed E-state index contributed by atoms with van der Waals surface area (Å²) in [5.41, 5.74) is 6.86. The molecular weight excluding hydrogens is 555 g/mol. The van der Waals surface area contributed by atoms with Gasteiger partial charge >= 0.3 is 0 Å². The molecule has 0 fully saturated rings. The summed E-state index contributed by atoms with van der Waals surface area (Å²) in [7, 11) is 0. The molecule has 1 atom stereocenters. The van der Waals surface area contributed by atoms with E-state index in [1.807, 2.05) is 66.7 Å². The number of thiazole rings is 1. The van der Waals surface area contributed by atoms with Gasteiger partial charge in [-0.15, -0.1) is 0 Å². The molecule has 5 aromatic rings. The summed E-state index contributed by atoms with van der Waals surface area (Å²) < 4.78 is 22.2. The lowest BCUT2D eigenvalue weighted by Crippen LogP contribution is -2.38. The third-order valence-corrected chi connectivity index (χ3v) is 8.92. The minimum absolute atomic E-state index is 0.115. The molecule has 0 radical (unpaired) electrons. The van der Waals surface area contributed by atoms with Gasteiger partial charge in [0, 0.05) is 16.1 Å². The van der Waals surface area contributed by atoms with Gasteiger partial charge in [0.1, 0.15) is 18.2 Å². The summed E-state index contributed by atoms with van der Waals surface area (Å²) in [4.78, 5) is 19.6. The maximum atomic E-state index is 14.0. The van der Waals surface area contributed by atoms with Crippen LogP contribution in [0, 0.1) is 5.82 Å². The molecule has 1 aromatic heterocycles. The molecule has 1 aliphatic heterocycles. The van der Waals surface area contributed by atoms with Crippen molar-refractivity contribution in [3.63, 3.8) is 0 Å². The number of aromatic nitrogens is 1. The Labute approximate surface area is 245 Å². The van der Waals surface area contributed by atoms with Crippen LogP contribution in [0.4, 0.5) is 4.39 Å². The first-order valence-electron chi connectivity index (χ1n) is 13.4. The molecule has 2 aliphatic rings. The number of aryl methyl sites for hydroxylation is 1. The van der Waals surface area contributed by atoms with Gasteiger partial charge in [0.15, 0.2) is 4.80 Å². The zero-order chi connectivity index (χ0) is 27.9. The van der Waals surface area contributed by atoms with Crippen LogP contribution in [0.15, 0.2) is 112 Å². The van der Waals surface area contributed by atoms with Crippen molar-refractivity contribution in [2.75, 3.05) is 0 Å². The fourth-order valence-electron chi connectivity index (χ4n) is 5.59. The molecule has 0 bridgehead atoms. The molecule has 7 heteroatoms. The van der Waals surface area contributed by atoms with Crippen LogP contribution in [0.2, 0.25) is 5.02 Å². The number of benzene rings is 4. The summed E-state index contributed by atoms with van der Waals surface area (Å²) in [6.07, 6.45) is 3.53. The number of hydrogen-bond acceptors (Lipinski definition) is 4. The highest BCUT2D eigenvalue weighted by Crippen LogP contribution is 2.41. The maximum absolute atomic E-state index is 14.0. The largest absolute Gasteiger partial charge is 0.489 e. The minimum Gasteiger partial charge on any atom is -0.489 e. The van der Waals surface area contributed by atoms with Crippen LogP contribution in [0.25, 0.3) is 11.8 Å². The highest BCUT2D eigenvalue weighted by molar-refractivity contribution is 7.07. The predicted molar refractivity (Wildman–Crippen MR) is 161 cm³/mol. The number of ether oxygens (including phenoxy) is 1. The standard InChI is InChI=1S/C34H24ClFN2O2S/c35-29-11-4-2-8-24(29)20-40-26-9-5-6-21(18-26)19-30-33(39)38-32(23-12-15-25(36)16-13-23)28-17-14-22-7-1-3-10-27(22)31(28)37-34(38)41-30/h1-13,15-16,18-19,32H,14,17,20H2/b30-19-/t32-/m0/s1. The molecule has 0 amide bonds. The Morgan fingerprint density at radius 1 is 0.976 bits per heavy atom. The van der Waals surface area contributed by atoms with Gasteiger partial charge in [-0.3, -0.25) is 9.36 Å². The van der Waals surface area contributed by atoms with E-state index in [0.717, 1.165) is 46.4 Å². The summed E-state index contributed by atoms with van der Waals surface area (Å²) in [5.74, 6) is 0.378. The van der Waals surface area contributed by atoms with E-state index in [1.54, 1.807) is 16.7 Å². The van der Waals surface area contributed by atoms with Crippen molar-refractivity contribution >= 4 is 34.7 Å². The number of rotatable bonds is 5. The molecular formula is C34H24ClFN2O2S. The van der Waals surface area contributed by atoms with E-state index in [2.05, 4.69) is 12.1 Å². The molecule has 0 N–H and O–H groups in total. The highest BCUT2D eigenvalue weighted by Gasteiger charge is 2.32. The highest BCUT2D eigenvalue weighted by atomic mass is 35.5. The van der Waals surface area contributed by atoms with Gasteiger partial charge in [-0.1, -0.05) is 89.7 Å². The van der Waals surface area contributed by atoms with E-state index in [1.165, 1.54) is 29.0 Å². The third kappa shape index (κ3) is 4.83. The lowest BCUT2D eigenvalue weighted by atomic mass is 9.83. The van der Waals surface area contributed by atoms with E-state index >= 15 is 0 Å². The molecule has 4 nitrogen and oxygen atoms in total. The molecule has 41 heavy (non-hydrogen) atoms. The average Bonchev–Trinajstić information content (AvgIpc) is 3.30. The molecule has 1 aliphatic carbocycles. The Hall–Kier alpha value is -4.26. The SMILES string of the molecule is O=c1/c(=C/c2cccc(OCc3ccccc3Cl)c2)sc2n1[C@@H](c1ccc(F)cc1)C1=C(N=2)c2ccccc2CC1. The van der Waals surface area contributed by atoms with Crippen molar-refractivity contribution in [1.82, 2.24) is 4.57 Å². The Balaban J connectivity index is 1.32. The number of halogens is 2. The van der Waals surface area contributed by atoms with Crippen LogP contribution in [0.3, 0.4) is 0 Å². The smallest absolute Gasteiger partial charge is 0.271 e. The van der Waals surface area contributed by atoms with Crippen molar-refractivity contribution < 1.29 is 9.13 Å². The van der Waals surface area contributed by atoms with Gasteiger partial charge in [0.05, 0.1) is 16.3 Å². The fraction of sp³-hybridized carbons (Fsp3) is 0.118. The number of nitrogens with zero attached hydrogens (tertiary/aromatic N) is 2. The minimum atomic E-state index is -0.345. The normalized spacial score (nSPS) is 16.0. The Morgan fingerprint density at radius 3 is 2.63 bits per heavy atom. The lowest BCUT2D eigenvalue weighted by molar-refractivity contribution is 0.306. The van der Waals surface area contributed by atoms with Crippen LogP contribution < -0.4 is 19.6 Å². The Bertz CT molecular complexity index is 2010. The first-order valence-corrected chi connectivity index (χ1v) is 14.6. The van der Waals surface area contributed by atoms with Crippen LogP contribution >= 0.6 is 22.9 Å². The summed E-state index contributed by atoms with van der Waals surface area (Å²) in [6.45, 7) is 0.343. The molecule has 0 saturated carbocycles. The van der Waals surface area contributed by atoms with Crippen LogP contribution in [0.5, 0.6) is 5.75 Å². The number of fused-ring (bicyclic) bond motifs is 3. The number of hydrogen-bond donors (Lipinski definition) is 0. The summed E-state index contributed by atoms with van der Waals surface area (Å²) in [6, 6.07) is 29.6. The fourth-order valence-corrected chi connectivity index (χ4v) is 6.78. The second kappa shape index (κ2) is 10.6. The quantitative estimate of drug-likeness (QED) is 0.233. The zero-order valence-electron chi connectivity index (χ0n) is 21.9. The molecule has 0 unspecified atom stereocenters. The van der Waals surface area contributed by atoms with Crippen LogP contribution in [-0.2, 0) is 13.0 Å². The van der Waals surface area contributed by atoms with Crippen LogP contribution in [0.1, 0.15) is 40.3 Å². The second-order valence-corrected chi connectivity index (χ2v) is 11.5. The van der Waals surface area contributed by atoms with Crippen molar-refractivity contribution in [2.45, 2.75) is 25.5 Å². The van der Waals surface area contributed by atoms with Gasteiger partial charge in [0.25, 0.3) is 5.56 Å². The average molecular weight is 579 g/mol. The van der Waals surface area contributed by atoms with Crippen molar-refractivity contribution in [3.05, 3.63) is 161 Å². The van der Waals surface area contributed by atoms with Crippen molar-refractivity contribution in [2.24, 2.45) is 4.99 Å². The van der Waals surface area contributed by atoms with Crippen molar-refractivity contribution in [1.29, 1.82) is 0 Å². The maximum Gasteiger partial charge on any atom is 0.271 e. The summed E-state index contributed by atoms with van der Waals surface area (Å²) in [5, 5.41) is 0.658. The predicted octanol–water partition coefficient (Wildman–Crippen LogP) is 6.69. The Morgan fingerprint density at radius 2 is 1.78 bits per heavy atom. The van der Waals surface area contributed by atoms with Crippen molar-refractivity contribution in [3.8, 4) is 5.75 Å². The monoisotopic (exact) mass is 578 g/mol. The van der Waals surface area contributed by atoms with Gasteiger partial charge in [-0.2, -0.15) is 0 Å². The second-order valence-electron chi connectivity index (χ2n) is 10.1. The molecule has 0 saturated heterocycles. The Kier molecular flexibility index (Phi) is 6.65. The lowest BCUT2D eigenvalue weighted by Gasteiger charge is -2.30. The van der Waals surface area contributed by atoms with Gasteiger partial charge in [0.2, 0.25) is 0 Å². The molecule has 2 heterocycles. The topological polar surface area (TPSA) is 43.6 Å².